The van der Waals surface area contributed by atoms with Gasteiger partial charge >= 0.3 is 0 Å². The van der Waals surface area contributed by atoms with Crippen molar-refractivity contribution in [2.24, 2.45) is 0 Å². The van der Waals surface area contributed by atoms with Crippen molar-refractivity contribution < 1.29 is 0 Å². The van der Waals surface area contributed by atoms with Gasteiger partial charge in [0.25, 0.3) is 0 Å². The molecule has 114 valence electrons. The van der Waals surface area contributed by atoms with Crippen LogP contribution in [0.25, 0.3) is 5.65 Å². The molecule has 5 nitrogen and oxygen atoms in total. The molecule has 0 aliphatic carbocycles. The summed E-state index contributed by atoms with van der Waals surface area (Å²) in [4.78, 5) is 9.06. The lowest BCUT2D eigenvalue weighted by atomic mass is 10.2. The van der Waals surface area contributed by atoms with Gasteiger partial charge in [-0.15, -0.1) is 5.10 Å². The number of anilines is 1. The van der Waals surface area contributed by atoms with E-state index < -0.39 is 0 Å². The van der Waals surface area contributed by atoms with Gasteiger partial charge in [0.05, 0.1) is 11.9 Å². The molecule has 0 aliphatic heterocycles. The highest BCUT2D eigenvalue weighted by molar-refractivity contribution is 7.98. The molecule has 3 rings (SSSR count). The highest BCUT2D eigenvalue weighted by atomic mass is 32.2. The molecule has 0 spiro atoms. The van der Waals surface area contributed by atoms with Gasteiger partial charge < -0.3 is 5.32 Å². The first-order valence-electron chi connectivity index (χ1n) is 7.26. The third-order valence-corrected chi connectivity index (χ3v) is 3.98. The average molecular weight is 313 g/mol. The van der Waals surface area contributed by atoms with Crippen LogP contribution in [-0.4, -0.2) is 25.8 Å². The molecule has 2 aromatic heterocycles. The fraction of sp³-hybridized carbons (Fsp3) is 0.312. The van der Waals surface area contributed by atoms with Crippen LogP contribution in [0.5, 0.6) is 0 Å². The summed E-state index contributed by atoms with van der Waals surface area (Å²) in [6, 6.07) is 10.3. The minimum atomic E-state index is 0.363. The Morgan fingerprint density at radius 1 is 1.23 bits per heavy atom. The molecule has 0 saturated heterocycles. The fourth-order valence-corrected chi connectivity index (χ4v) is 2.61. The van der Waals surface area contributed by atoms with E-state index in [1.807, 2.05) is 35.2 Å². The Hall–Kier alpha value is -2.08. The van der Waals surface area contributed by atoms with E-state index in [1.54, 1.807) is 0 Å². The number of thioether (sulfide) groups is 1. The first-order valence-corrected chi connectivity index (χ1v) is 8.49. The van der Waals surface area contributed by atoms with Crippen molar-refractivity contribution in [3.8, 4) is 0 Å². The topological polar surface area (TPSA) is 55.1 Å². The second-order valence-electron chi connectivity index (χ2n) is 5.36. The Kier molecular flexibility index (Phi) is 4.29. The molecule has 0 amide bonds. The van der Waals surface area contributed by atoms with Gasteiger partial charge in [-0.2, -0.15) is 4.98 Å². The Bertz CT molecular complexity index is 767. The minimum Gasteiger partial charge on any atom is -0.363 e. The standard InChI is InChI=1S/C16H19N5S/c1-11(2)13-10-18-15-14(19-16(22-3)20-21(13)15)17-9-12-7-5-4-6-8-12/h4-8,10-11H,9H2,1-3H3,(H,17,19,20). The lowest BCUT2D eigenvalue weighted by Crippen LogP contribution is -2.08. The Balaban J connectivity index is 1.97. The Morgan fingerprint density at radius 3 is 2.68 bits per heavy atom. The van der Waals surface area contributed by atoms with Gasteiger partial charge in [-0.1, -0.05) is 55.9 Å². The van der Waals surface area contributed by atoms with Gasteiger partial charge in [-0.25, -0.2) is 9.50 Å². The number of nitrogens with one attached hydrogen (secondary N) is 1. The molecular weight excluding hydrogens is 294 g/mol. The van der Waals surface area contributed by atoms with E-state index in [0.29, 0.717) is 12.5 Å². The summed E-state index contributed by atoms with van der Waals surface area (Å²) < 4.78 is 1.90. The second-order valence-corrected chi connectivity index (χ2v) is 6.13. The summed E-state index contributed by atoms with van der Waals surface area (Å²) in [6.45, 7) is 4.99. The maximum Gasteiger partial charge on any atom is 0.209 e. The van der Waals surface area contributed by atoms with Gasteiger partial charge in [0.2, 0.25) is 5.16 Å². The molecule has 0 unspecified atom stereocenters. The van der Waals surface area contributed by atoms with E-state index in [4.69, 9.17) is 0 Å². The largest absolute Gasteiger partial charge is 0.363 e. The number of imidazole rings is 1. The van der Waals surface area contributed by atoms with Crippen LogP contribution in [0.1, 0.15) is 31.0 Å². The quantitative estimate of drug-likeness (QED) is 0.730. The van der Waals surface area contributed by atoms with Crippen LogP contribution >= 0.6 is 11.8 Å². The van der Waals surface area contributed by atoms with Gasteiger partial charge in [0.1, 0.15) is 0 Å². The van der Waals surface area contributed by atoms with Gasteiger partial charge in [-0.3, -0.25) is 0 Å². The predicted octanol–water partition coefficient (Wildman–Crippen LogP) is 3.58. The molecule has 22 heavy (non-hydrogen) atoms. The molecule has 0 radical (unpaired) electrons. The zero-order valence-corrected chi connectivity index (χ0v) is 13.8. The summed E-state index contributed by atoms with van der Waals surface area (Å²) >= 11 is 1.53. The number of benzene rings is 1. The maximum absolute atomic E-state index is 4.56. The van der Waals surface area contributed by atoms with Crippen LogP contribution in [0.3, 0.4) is 0 Å². The smallest absolute Gasteiger partial charge is 0.209 e. The van der Waals surface area contributed by atoms with Crippen LogP contribution in [0, 0.1) is 0 Å². The lowest BCUT2D eigenvalue weighted by Gasteiger charge is -2.10. The van der Waals surface area contributed by atoms with E-state index in [2.05, 4.69) is 46.4 Å². The molecule has 0 aliphatic rings. The highest BCUT2D eigenvalue weighted by Gasteiger charge is 2.14. The van der Waals surface area contributed by atoms with Gasteiger partial charge in [0, 0.05) is 6.54 Å². The monoisotopic (exact) mass is 313 g/mol. The van der Waals surface area contributed by atoms with Crippen molar-refractivity contribution in [1.82, 2.24) is 19.6 Å². The van der Waals surface area contributed by atoms with Crippen molar-refractivity contribution >= 4 is 23.2 Å². The van der Waals surface area contributed by atoms with Crippen LogP contribution in [0.15, 0.2) is 41.7 Å². The number of fused-ring (bicyclic) bond motifs is 1. The van der Waals surface area contributed by atoms with Crippen LogP contribution in [0.4, 0.5) is 5.82 Å². The number of hydrogen-bond donors (Lipinski definition) is 1. The van der Waals surface area contributed by atoms with Crippen LogP contribution < -0.4 is 5.32 Å². The maximum atomic E-state index is 4.56. The molecule has 0 atom stereocenters. The normalized spacial score (nSPS) is 11.3. The summed E-state index contributed by atoms with van der Waals surface area (Å²) in [5.41, 5.74) is 3.08. The van der Waals surface area contributed by atoms with E-state index in [9.17, 15) is 0 Å². The number of nitrogens with zero attached hydrogens (tertiary/aromatic N) is 4. The van der Waals surface area contributed by atoms with Gasteiger partial charge in [-0.05, 0) is 17.7 Å². The summed E-state index contributed by atoms with van der Waals surface area (Å²) in [5, 5.41) is 8.68. The van der Waals surface area contributed by atoms with Gasteiger partial charge in [0.15, 0.2) is 11.5 Å². The zero-order valence-electron chi connectivity index (χ0n) is 12.9. The first kappa shape index (κ1) is 14.8. The van der Waals surface area contributed by atoms with E-state index in [1.165, 1.54) is 17.3 Å². The molecule has 0 saturated carbocycles. The number of aromatic nitrogens is 4. The highest BCUT2D eigenvalue weighted by Crippen LogP contribution is 2.22. The van der Waals surface area contributed by atoms with Crippen molar-refractivity contribution in [3.63, 3.8) is 0 Å². The summed E-state index contributed by atoms with van der Waals surface area (Å²) in [7, 11) is 0. The third kappa shape index (κ3) is 2.92. The zero-order chi connectivity index (χ0) is 15.5. The van der Waals surface area contributed by atoms with Crippen molar-refractivity contribution in [3.05, 3.63) is 47.8 Å². The van der Waals surface area contributed by atoms with Crippen molar-refractivity contribution in [2.75, 3.05) is 11.6 Å². The molecule has 2 heterocycles. The predicted molar refractivity (Wildman–Crippen MR) is 90.4 cm³/mol. The SMILES string of the molecule is CSc1nc(NCc2ccccc2)c2ncc(C(C)C)n2n1. The summed E-state index contributed by atoms with van der Waals surface area (Å²) in [5.74, 6) is 1.14. The second kappa shape index (κ2) is 6.36. The minimum absolute atomic E-state index is 0.363. The average Bonchev–Trinajstić information content (AvgIpc) is 2.97. The van der Waals surface area contributed by atoms with E-state index in [0.717, 1.165) is 22.3 Å². The fourth-order valence-electron chi connectivity index (χ4n) is 2.26. The first-order chi connectivity index (χ1) is 10.7. The number of hydrogen-bond acceptors (Lipinski definition) is 5. The summed E-state index contributed by atoms with van der Waals surface area (Å²) in [6.07, 6.45) is 3.86. The molecule has 1 aromatic carbocycles. The molecule has 0 fully saturated rings. The van der Waals surface area contributed by atoms with E-state index in [-0.39, 0.29) is 0 Å². The number of rotatable bonds is 5. The van der Waals surface area contributed by atoms with Crippen molar-refractivity contribution in [1.29, 1.82) is 0 Å². The lowest BCUT2D eigenvalue weighted by molar-refractivity contribution is 0.713. The Labute approximate surface area is 134 Å². The molecule has 1 N–H and O–H groups in total. The van der Waals surface area contributed by atoms with Crippen LogP contribution in [-0.2, 0) is 6.54 Å². The molecule has 0 bridgehead atoms. The van der Waals surface area contributed by atoms with Crippen molar-refractivity contribution in [2.45, 2.75) is 31.5 Å². The molecular formula is C16H19N5S. The van der Waals surface area contributed by atoms with Crippen LogP contribution in [0.2, 0.25) is 0 Å². The van der Waals surface area contributed by atoms with E-state index >= 15 is 0 Å². The molecule has 3 aromatic rings. The molecule has 6 heteroatoms. The third-order valence-electron chi connectivity index (χ3n) is 3.45. The Morgan fingerprint density at radius 2 is 2.00 bits per heavy atom.